The third kappa shape index (κ3) is 3.35. The van der Waals surface area contributed by atoms with Gasteiger partial charge in [0.1, 0.15) is 0 Å². The van der Waals surface area contributed by atoms with Crippen molar-refractivity contribution in [1.29, 1.82) is 0 Å². The maximum absolute atomic E-state index is 13.2. The summed E-state index contributed by atoms with van der Waals surface area (Å²) in [6.07, 6.45) is 0. The number of aryl methyl sites for hydroxylation is 1. The molecule has 7 heteroatoms. The number of amides is 1. The highest BCUT2D eigenvalue weighted by Gasteiger charge is 2.16. The van der Waals surface area contributed by atoms with Gasteiger partial charge in [0.2, 0.25) is 5.82 Å². The van der Waals surface area contributed by atoms with Crippen molar-refractivity contribution >= 4 is 28.9 Å². The molecule has 2 aromatic carbocycles. The molecule has 108 valence electrons. The molecule has 0 atom stereocenters. The molecule has 0 unspecified atom stereocenters. The van der Waals surface area contributed by atoms with Gasteiger partial charge in [-0.2, -0.15) is 4.39 Å². The van der Waals surface area contributed by atoms with Crippen LogP contribution in [0.1, 0.15) is 15.9 Å². The molecule has 1 amide bonds. The maximum Gasteiger partial charge on any atom is 0.306 e. The van der Waals surface area contributed by atoms with Crippen LogP contribution < -0.4 is 5.32 Å². The van der Waals surface area contributed by atoms with Crippen molar-refractivity contribution in [2.24, 2.45) is 0 Å². The number of nitrogens with zero attached hydrogens (tertiary/aromatic N) is 1. The van der Waals surface area contributed by atoms with Crippen molar-refractivity contribution < 1.29 is 14.1 Å². The van der Waals surface area contributed by atoms with Gasteiger partial charge >= 0.3 is 5.69 Å². The van der Waals surface area contributed by atoms with Crippen LogP contribution in [-0.2, 0) is 0 Å². The summed E-state index contributed by atoms with van der Waals surface area (Å²) in [5, 5.41) is 13.5. The highest BCUT2D eigenvalue weighted by molar-refractivity contribution is 6.31. The molecular formula is C14H10ClFN2O3. The smallest absolute Gasteiger partial charge is 0.306 e. The summed E-state index contributed by atoms with van der Waals surface area (Å²) in [5.74, 6) is -1.45. The number of hydrogen-bond acceptors (Lipinski definition) is 3. The number of carbonyl (C=O) groups is 1. The van der Waals surface area contributed by atoms with Crippen LogP contribution in [0, 0.1) is 22.9 Å². The van der Waals surface area contributed by atoms with Gasteiger partial charge in [-0.3, -0.25) is 14.9 Å². The number of anilines is 1. The molecule has 5 nitrogen and oxygen atoms in total. The van der Waals surface area contributed by atoms with Crippen LogP contribution in [0.3, 0.4) is 0 Å². The zero-order valence-electron chi connectivity index (χ0n) is 10.9. The first-order valence-corrected chi connectivity index (χ1v) is 6.27. The van der Waals surface area contributed by atoms with Crippen LogP contribution in [-0.4, -0.2) is 10.8 Å². The molecule has 0 spiro atoms. The van der Waals surface area contributed by atoms with Crippen LogP contribution in [0.4, 0.5) is 15.8 Å². The highest BCUT2D eigenvalue weighted by Crippen LogP contribution is 2.23. The molecule has 0 radical (unpaired) electrons. The quantitative estimate of drug-likeness (QED) is 0.689. The number of halogens is 2. The Morgan fingerprint density at radius 1 is 1.29 bits per heavy atom. The minimum atomic E-state index is -0.962. The minimum absolute atomic E-state index is 0.129. The molecule has 1 N–H and O–H groups in total. The fraction of sp³-hybridized carbons (Fsp3) is 0.0714. The largest absolute Gasteiger partial charge is 0.322 e. The molecule has 0 aliphatic rings. The van der Waals surface area contributed by atoms with Crippen LogP contribution in [0.2, 0.25) is 5.02 Å². The molecule has 0 bridgehead atoms. The summed E-state index contributed by atoms with van der Waals surface area (Å²) in [4.78, 5) is 21.8. The molecule has 21 heavy (non-hydrogen) atoms. The van der Waals surface area contributed by atoms with Crippen molar-refractivity contribution in [1.82, 2.24) is 0 Å². The van der Waals surface area contributed by atoms with Gasteiger partial charge in [0.15, 0.2) is 0 Å². The van der Waals surface area contributed by atoms with Crippen LogP contribution in [0.5, 0.6) is 0 Å². The van der Waals surface area contributed by atoms with Crippen LogP contribution in [0.25, 0.3) is 0 Å². The van der Waals surface area contributed by atoms with E-state index in [0.29, 0.717) is 10.6 Å². The van der Waals surface area contributed by atoms with Gasteiger partial charge < -0.3 is 5.32 Å². The second-order valence-corrected chi connectivity index (χ2v) is 4.75. The molecule has 0 heterocycles. The van der Waals surface area contributed by atoms with Gasteiger partial charge in [0.05, 0.1) is 4.92 Å². The SMILES string of the molecule is Cc1ccc(C(=O)Nc2ccc(F)c([N+](=O)[O-])c2)cc1Cl. The maximum atomic E-state index is 13.2. The molecule has 2 rings (SSSR count). The third-order valence-electron chi connectivity index (χ3n) is 2.83. The Bertz CT molecular complexity index is 734. The average molecular weight is 309 g/mol. The molecule has 0 saturated heterocycles. The number of benzene rings is 2. The standard InChI is InChI=1S/C14H10ClFN2O3/c1-8-2-3-9(6-11(8)15)14(19)17-10-4-5-12(16)13(7-10)18(20)21/h2-7H,1H3,(H,17,19). The molecule has 0 fully saturated rings. The van der Waals surface area contributed by atoms with E-state index in [1.165, 1.54) is 12.1 Å². The Morgan fingerprint density at radius 2 is 2.00 bits per heavy atom. The number of carbonyl (C=O) groups excluding carboxylic acids is 1. The van der Waals surface area contributed by atoms with E-state index >= 15 is 0 Å². The monoisotopic (exact) mass is 308 g/mol. The van der Waals surface area contributed by atoms with Crippen molar-refractivity contribution in [2.75, 3.05) is 5.32 Å². The Hall–Kier alpha value is -2.47. The first-order valence-electron chi connectivity index (χ1n) is 5.90. The fourth-order valence-corrected chi connectivity index (χ4v) is 1.85. The number of rotatable bonds is 3. The van der Waals surface area contributed by atoms with Gasteiger partial charge in [-0.15, -0.1) is 0 Å². The second kappa shape index (κ2) is 5.88. The van der Waals surface area contributed by atoms with Gasteiger partial charge in [-0.05, 0) is 36.8 Å². The summed E-state index contributed by atoms with van der Waals surface area (Å²) in [7, 11) is 0. The average Bonchev–Trinajstić information content (AvgIpc) is 2.43. The normalized spacial score (nSPS) is 10.2. The van der Waals surface area contributed by atoms with E-state index in [2.05, 4.69) is 5.32 Å². The highest BCUT2D eigenvalue weighted by atomic mass is 35.5. The van der Waals surface area contributed by atoms with E-state index in [0.717, 1.165) is 17.7 Å². The molecule has 0 saturated carbocycles. The van der Waals surface area contributed by atoms with Crippen molar-refractivity contribution in [3.05, 3.63) is 68.5 Å². The predicted octanol–water partition coefficient (Wildman–Crippen LogP) is 3.95. The van der Waals surface area contributed by atoms with E-state index in [-0.39, 0.29) is 5.69 Å². The summed E-state index contributed by atoms with van der Waals surface area (Å²) in [5.41, 5.74) is 0.558. The predicted molar refractivity (Wildman–Crippen MR) is 77.2 cm³/mol. The lowest BCUT2D eigenvalue weighted by Crippen LogP contribution is -2.12. The zero-order valence-corrected chi connectivity index (χ0v) is 11.6. The summed E-state index contributed by atoms with van der Waals surface area (Å²) >= 11 is 5.93. The van der Waals surface area contributed by atoms with Crippen molar-refractivity contribution in [3.63, 3.8) is 0 Å². The Morgan fingerprint density at radius 3 is 2.62 bits per heavy atom. The van der Waals surface area contributed by atoms with Gasteiger partial charge in [0, 0.05) is 22.3 Å². The number of hydrogen-bond donors (Lipinski definition) is 1. The van der Waals surface area contributed by atoms with Crippen LogP contribution in [0.15, 0.2) is 36.4 Å². The van der Waals surface area contributed by atoms with E-state index in [4.69, 9.17) is 11.6 Å². The third-order valence-corrected chi connectivity index (χ3v) is 3.24. The van der Waals surface area contributed by atoms with Gasteiger partial charge in [-0.1, -0.05) is 17.7 Å². The van der Waals surface area contributed by atoms with Crippen molar-refractivity contribution in [2.45, 2.75) is 6.92 Å². The summed E-state index contributed by atoms with van der Waals surface area (Å²) < 4.78 is 13.2. The Labute approximate surface area is 124 Å². The van der Waals surface area contributed by atoms with E-state index < -0.39 is 22.3 Å². The minimum Gasteiger partial charge on any atom is -0.322 e. The lowest BCUT2D eigenvalue weighted by atomic mass is 10.1. The second-order valence-electron chi connectivity index (χ2n) is 4.34. The van der Waals surface area contributed by atoms with E-state index in [9.17, 15) is 19.3 Å². The Kier molecular flexibility index (Phi) is 4.18. The molecule has 2 aromatic rings. The van der Waals surface area contributed by atoms with Gasteiger partial charge in [-0.25, -0.2) is 0 Å². The topological polar surface area (TPSA) is 72.2 Å². The summed E-state index contributed by atoms with van der Waals surface area (Å²) in [6, 6.07) is 7.89. The lowest BCUT2D eigenvalue weighted by Gasteiger charge is -2.06. The van der Waals surface area contributed by atoms with Gasteiger partial charge in [0.25, 0.3) is 5.91 Å². The zero-order chi connectivity index (χ0) is 15.6. The lowest BCUT2D eigenvalue weighted by molar-refractivity contribution is -0.387. The molecule has 0 aromatic heterocycles. The van der Waals surface area contributed by atoms with E-state index in [1.807, 2.05) is 0 Å². The molecule has 0 aliphatic heterocycles. The van der Waals surface area contributed by atoms with E-state index in [1.54, 1.807) is 19.1 Å². The number of nitrogens with one attached hydrogen (secondary N) is 1. The Balaban J connectivity index is 2.25. The fourth-order valence-electron chi connectivity index (χ4n) is 1.67. The van der Waals surface area contributed by atoms with Crippen LogP contribution >= 0.6 is 11.6 Å². The molecular weight excluding hydrogens is 299 g/mol. The first-order chi connectivity index (χ1) is 9.88. The number of nitro groups is 1. The summed E-state index contributed by atoms with van der Waals surface area (Å²) in [6.45, 7) is 1.80. The molecule has 0 aliphatic carbocycles. The number of nitro benzene ring substituents is 1. The first kappa shape index (κ1) is 14.9. The van der Waals surface area contributed by atoms with Crippen molar-refractivity contribution in [3.8, 4) is 0 Å².